The van der Waals surface area contributed by atoms with Crippen molar-refractivity contribution in [2.75, 3.05) is 0 Å². The van der Waals surface area contributed by atoms with Gasteiger partial charge in [0, 0.05) is 11.4 Å². The fourth-order valence-corrected chi connectivity index (χ4v) is 12.6. The van der Waals surface area contributed by atoms with Gasteiger partial charge in [0.2, 0.25) is 0 Å². The Bertz CT molecular complexity index is 4330. The number of aromatic nitrogens is 2. The zero-order valence-corrected chi connectivity index (χ0v) is 43.9. The Balaban J connectivity index is 0.993. The van der Waals surface area contributed by atoms with Crippen molar-refractivity contribution in [1.29, 1.82) is 0 Å². The Labute approximate surface area is 466 Å². The van der Waals surface area contributed by atoms with Crippen LogP contribution in [0.4, 0.5) is 0 Å². The predicted molar refractivity (Wildman–Crippen MR) is 339 cm³/mol. The van der Waals surface area contributed by atoms with Crippen LogP contribution in [0.15, 0.2) is 315 Å². The third-order valence-corrected chi connectivity index (χ3v) is 16.2. The minimum absolute atomic E-state index is 1.10. The number of rotatable bonds is 10. The summed E-state index contributed by atoms with van der Waals surface area (Å²) in [5.41, 5.74) is 21.0. The summed E-state index contributed by atoms with van der Waals surface area (Å²) < 4.78 is 4.81. The van der Waals surface area contributed by atoms with Crippen LogP contribution in [0.1, 0.15) is 0 Å². The Morgan fingerprint density at radius 2 is 0.450 bits per heavy atom. The lowest BCUT2D eigenvalue weighted by Gasteiger charge is -2.24. The smallest absolute Gasteiger partial charge is 0.0535 e. The van der Waals surface area contributed by atoms with Gasteiger partial charge in [0.1, 0.15) is 0 Å². The first-order chi connectivity index (χ1) is 39.7. The maximum atomic E-state index is 2.40. The maximum absolute atomic E-state index is 2.40. The van der Waals surface area contributed by atoms with E-state index in [0.717, 1.165) is 45.3 Å². The zero-order chi connectivity index (χ0) is 52.9. The van der Waals surface area contributed by atoms with Crippen molar-refractivity contribution >= 4 is 43.1 Å². The summed E-state index contributed by atoms with van der Waals surface area (Å²) >= 11 is 0. The minimum Gasteiger partial charge on any atom is -0.309 e. The molecule has 13 aromatic carbocycles. The fourth-order valence-electron chi connectivity index (χ4n) is 12.6. The molecule has 2 nitrogen and oxygen atoms in total. The molecule has 0 aliphatic carbocycles. The van der Waals surface area contributed by atoms with Gasteiger partial charge in [0.25, 0.3) is 0 Å². The molecule has 0 aliphatic heterocycles. The second-order valence-electron chi connectivity index (χ2n) is 20.7. The van der Waals surface area contributed by atoms with E-state index in [1.54, 1.807) is 0 Å². The topological polar surface area (TPSA) is 9.86 Å². The van der Waals surface area contributed by atoms with E-state index in [-0.39, 0.29) is 0 Å². The average molecular weight is 1020 g/mol. The molecular formula is C78H52N2. The van der Waals surface area contributed by atoms with E-state index in [2.05, 4.69) is 325 Å². The molecule has 0 aliphatic rings. The van der Waals surface area contributed by atoms with E-state index >= 15 is 0 Å². The molecule has 0 unspecified atom stereocenters. The van der Waals surface area contributed by atoms with Gasteiger partial charge in [-0.05, 0) is 158 Å². The van der Waals surface area contributed by atoms with Crippen LogP contribution in [-0.2, 0) is 0 Å². The quantitative estimate of drug-likeness (QED) is 0.121. The number of hydrogen-bond acceptors (Lipinski definition) is 0. The Morgan fingerprint density at radius 3 is 0.800 bits per heavy atom. The molecule has 2 aromatic heterocycles. The van der Waals surface area contributed by atoms with Crippen LogP contribution in [-0.4, -0.2) is 9.13 Å². The molecule has 0 saturated carbocycles. The minimum atomic E-state index is 1.10. The highest BCUT2D eigenvalue weighted by Gasteiger charge is 2.25. The zero-order valence-electron chi connectivity index (χ0n) is 43.9. The highest BCUT2D eigenvalue weighted by atomic mass is 15.0. The maximum Gasteiger partial charge on any atom is 0.0535 e. The van der Waals surface area contributed by atoms with E-state index in [9.17, 15) is 0 Å². The summed E-state index contributed by atoms with van der Waals surface area (Å²) in [7, 11) is 0. The van der Waals surface area contributed by atoms with E-state index in [1.165, 1.54) is 98.7 Å². The van der Waals surface area contributed by atoms with Gasteiger partial charge in [0.15, 0.2) is 0 Å². The summed E-state index contributed by atoms with van der Waals surface area (Å²) in [5.74, 6) is 0. The molecular weight excluding hydrogens is 965 g/mol. The summed E-state index contributed by atoms with van der Waals surface area (Å²) in [6, 6.07) is 116. The molecule has 0 saturated heterocycles. The summed E-state index contributed by atoms with van der Waals surface area (Å²) in [5, 5.41) is 9.73. The molecule has 0 amide bonds. The SMILES string of the molecule is c1ccc(-c2ccc(-c3ccccc3)n2-c2ccc(-c3cccc4c(-c5cccc6ccccc56)c5c(-c6ccc(-n7c(-c8ccccc8)ccc7-c7ccccc7)cc6)cccc5c(-c5cccc6ccccc56)c34)cc2)cc1. The molecule has 0 atom stereocenters. The van der Waals surface area contributed by atoms with E-state index in [4.69, 9.17) is 0 Å². The van der Waals surface area contributed by atoms with Crippen LogP contribution >= 0.6 is 0 Å². The first-order valence-corrected chi connectivity index (χ1v) is 27.6. The second kappa shape index (κ2) is 19.8. The Hall–Kier alpha value is -10.5. The molecule has 2 heterocycles. The van der Waals surface area contributed by atoms with Crippen molar-refractivity contribution in [1.82, 2.24) is 9.13 Å². The van der Waals surface area contributed by atoms with Crippen LogP contribution in [0.25, 0.3) is 144 Å². The second-order valence-corrected chi connectivity index (χ2v) is 20.7. The van der Waals surface area contributed by atoms with Gasteiger partial charge in [0.05, 0.1) is 22.8 Å². The van der Waals surface area contributed by atoms with Gasteiger partial charge in [-0.2, -0.15) is 0 Å². The molecule has 0 N–H and O–H groups in total. The molecule has 80 heavy (non-hydrogen) atoms. The molecule has 0 radical (unpaired) electrons. The number of benzene rings is 13. The van der Waals surface area contributed by atoms with Gasteiger partial charge in [-0.25, -0.2) is 0 Å². The van der Waals surface area contributed by atoms with Crippen LogP contribution in [0.2, 0.25) is 0 Å². The van der Waals surface area contributed by atoms with Crippen molar-refractivity contribution in [2.24, 2.45) is 0 Å². The standard InChI is InChI=1S/C78H52N2/c1-5-23-57(24-6-1)71-49-50-72(58-25-7-2-8-26-58)79(71)61-45-41-55(42-46-61)65-35-19-39-69-75(65)77(67-37-17-31-53-21-13-15-33-63(53)67)70-40-20-36-66(76(70)78(69)68-38-18-32-54-22-14-16-34-64(54)68)56-43-47-62(48-44-56)80-73(59-27-9-3-10-28-59)51-52-74(80)60-29-11-4-12-30-60/h1-52H. The van der Waals surface area contributed by atoms with E-state index in [0.29, 0.717) is 0 Å². The predicted octanol–water partition coefficient (Wildman–Crippen LogP) is 21.2. The number of hydrogen-bond donors (Lipinski definition) is 0. The van der Waals surface area contributed by atoms with Crippen LogP contribution in [0.3, 0.4) is 0 Å². The van der Waals surface area contributed by atoms with Gasteiger partial charge in [-0.3, -0.25) is 0 Å². The van der Waals surface area contributed by atoms with Crippen LogP contribution < -0.4 is 0 Å². The lowest BCUT2D eigenvalue weighted by Crippen LogP contribution is -2.00. The highest BCUT2D eigenvalue weighted by Crippen LogP contribution is 2.52. The van der Waals surface area contributed by atoms with E-state index < -0.39 is 0 Å². The molecule has 374 valence electrons. The molecule has 15 rings (SSSR count). The lowest BCUT2D eigenvalue weighted by molar-refractivity contribution is 1.09. The monoisotopic (exact) mass is 1020 g/mol. The molecule has 0 spiro atoms. The third-order valence-electron chi connectivity index (χ3n) is 16.2. The largest absolute Gasteiger partial charge is 0.309 e. The van der Waals surface area contributed by atoms with Crippen LogP contribution in [0, 0.1) is 0 Å². The van der Waals surface area contributed by atoms with Gasteiger partial charge in [-0.15, -0.1) is 0 Å². The highest BCUT2D eigenvalue weighted by molar-refractivity contribution is 6.30. The lowest BCUT2D eigenvalue weighted by atomic mass is 9.79. The van der Waals surface area contributed by atoms with Gasteiger partial charge >= 0.3 is 0 Å². The molecule has 0 bridgehead atoms. The molecule has 0 fully saturated rings. The average Bonchev–Trinajstić information content (AvgIpc) is 4.32. The fraction of sp³-hybridized carbons (Fsp3) is 0. The molecule has 15 aromatic rings. The molecule has 2 heteroatoms. The Kier molecular flexibility index (Phi) is 11.6. The van der Waals surface area contributed by atoms with Crippen LogP contribution in [0.5, 0.6) is 0 Å². The first kappa shape index (κ1) is 46.7. The van der Waals surface area contributed by atoms with Crippen molar-refractivity contribution < 1.29 is 0 Å². The van der Waals surface area contributed by atoms with E-state index in [1.807, 2.05) is 0 Å². The van der Waals surface area contributed by atoms with Crippen molar-refractivity contribution in [3.05, 3.63) is 315 Å². The van der Waals surface area contributed by atoms with Crippen molar-refractivity contribution in [3.63, 3.8) is 0 Å². The summed E-state index contributed by atoms with van der Waals surface area (Å²) in [6.07, 6.45) is 0. The van der Waals surface area contributed by atoms with Gasteiger partial charge in [-0.1, -0.05) is 267 Å². The number of fused-ring (bicyclic) bond motifs is 4. The van der Waals surface area contributed by atoms with Crippen molar-refractivity contribution in [2.45, 2.75) is 0 Å². The Morgan fingerprint density at radius 1 is 0.175 bits per heavy atom. The first-order valence-electron chi connectivity index (χ1n) is 27.6. The summed E-state index contributed by atoms with van der Waals surface area (Å²) in [4.78, 5) is 0. The third kappa shape index (κ3) is 7.96. The normalized spacial score (nSPS) is 11.5. The summed E-state index contributed by atoms with van der Waals surface area (Å²) in [6.45, 7) is 0. The van der Waals surface area contributed by atoms with Crippen molar-refractivity contribution in [3.8, 4) is 101 Å². The number of nitrogens with zero attached hydrogens (tertiary/aromatic N) is 2. The van der Waals surface area contributed by atoms with Gasteiger partial charge < -0.3 is 9.13 Å².